The van der Waals surface area contributed by atoms with E-state index in [0.29, 0.717) is 5.69 Å². The van der Waals surface area contributed by atoms with Crippen LogP contribution in [-0.4, -0.2) is 23.2 Å². The Morgan fingerprint density at radius 3 is 2.61 bits per heavy atom. The molecule has 2 aromatic rings. The van der Waals surface area contributed by atoms with E-state index in [4.69, 9.17) is 16.1 Å². The highest BCUT2D eigenvalue weighted by atomic mass is 32.2. The van der Waals surface area contributed by atoms with Crippen molar-refractivity contribution in [2.45, 2.75) is 4.90 Å². The van der Waals surface area contributed by atoms with Gasteiger partial charge in [0.15, 0.2) is 0 Å². The van der Waals surface area contributed by atoms with Crippen LogP contribution in [0, 0.1) is 11.3 Å². The largest absolute Gasteiger partial charge is 0.397 e. The van der Waals surface area contributed by atoms with Crippen molar-refractivity contribution in [3.05, 3.63) is 30.4 Å². The lowest BCUT2D eigenvalue weighted by atomic mass is 10.3. The summed E-state index contributed by atoms with van der Waals surface area (Å²) < 4.78 is 23.5. The van der Waals surface area contributed by atoms with Crippen LogP contribution in [0.3, 0.4) is 0 Å². The third kappa shape index (κ3) is 2.15. The van der Waals surface area contributed by atoms with Crippen LogP contribution in [0.2, 0.25) is 0 Å². The molecule has 0 aliphatic carbocycles. The van der Waals surface area contributed by atoms with Crippen LogP contribution >= 0.6 is 0 Å². The lowest BCUT2D eigenvalue weighted by Gasteiger charge is -2.06. The second kappa shape index (κ2) is 4.10. The molecule has 0 atom stereocenters. The topological polar surface area (TPSA) is 141 Å². The number of benzene rings is 1. The highest BCUT2D eigenvalue weighted by molar-refractivity contribution is 7.89. The van der Waals surface area contributed by atoms with Crippen LogP contribution in [0.25, 0.3) is 5.69 Å². The number of anilines is 1. The molecule has 0 aliphatic heterocycles. The van der Waals surface area contributed by atoms with Gasteiger partial charge in [0.05, 0.1) is 16.3 Å². The van der Waals surface area contributed by atoms with E-state index in [-0.39, 0.29) is 16.4 Å². The predicted octanol–water partition coefficient (Wildman–Crippen LogP) is -0.631. The molecule has 0 bridgehead atoms. The molecule has 1 heterocycles. The molecule has 0 aliphatic rings. The monoisotopic (exact) mass is 264 g/mol. The molecule has 92 valence electrons. The molecule has 0 radical (unpaired) electrons. The summed E-state index contributed by atoms with van der Waals surface area (Å²) in [7, 11) is -3.80. The summed E-state index contributed by atoms with van der Waals surface area (Å²) in [4.78, 5) is 3.62. The van der Waals surface area contributed by atoms with Gasteiger partial charge in [0.2, 0.25) is 10.0 Å². The Hall–Kier alpha value is -2.44. The molecule has 1 aromatic heterocycles. The van der Waals surface area contributed by atoms with E-state index in [9.17, 15) is 8.42 Å². The SMILES string of the molecule is N#Cc1ncn(-c2ccc(S(N)(=O)=O)cc2N)n1. The highest BCUT2D eigenvalue weighted by Crippen LogP contribution is 2.20. The molecule has 0 saturated heterocycles. The second-order valence-corrected chi connectivity index (χ2v) is 4.95. The molecular formula is C9H8N6O2S. The minimum atomic E-state index is -3.80. The van der Waals surface area contributed by atoms with Crippen LogP contribution in [-0.2, 0) is 10.0 Å². The fraction of sp³-hybridized carbons (Fsp3) is 0. The van der Waals surface area contributed by atoms with Crippen LogP contribution in [0.5, 0.6) is 0 Å². The van der Waals surface area contributed by atoms with Crippen molar-refractivity contribution in [1.29, 1.82) is 5.26 Å². The van der Waals surface area contributed by atoms with Gasteiger partial charge in [-0.05, 0) is 18.2 Å². The Balaban J connectivity index is 2.52. The summed E-state index contributed by atoms with van der Waals surface area (Å²) in [5, 5.41) is 17.4. The predicted molar refractivity (Wildman–Crippen MR) is 61.9 cm³/mol. The van der Waals surface area contributed by atoms with Crippen molar-refractivity contribution >= 4 is 15.7 Å². The Morgan fingerprint density at radius 1 is 1.39 bits per heavy atom. The first kappa shape index (κ1) is 12.0. The molecule has 0 saturated carbocycles. The molecule has 18 heavy (non-hydrogen) atoms. The first-order chi connectivity index (χ1) is 8.41. The summed E-state index contributed by atoms with van der Waals surface area (Å²) in [6.45, 7) is 0. The molecule has 0 amide bonds. The Bertz CT molecular complexity index is 743. The van der Waals surface area contributed by atoms with Crippen molar-refractivity contribution in [2.75, 3.05) is 5.73 Å². The van der Waals surface area contributed by atoms with Crippen LogP contribution in [0.4, 0.5) is 5.69 Å². The summed E-state index contributed by atoms with van der Waals surface area (Å²) >= 11 is 0. The molecule has 0 spiro atoms. The fourth-order valence-electron chi connectivity index (χ4n) is 1.35. The summed E-state index contributed by atoms with van der Waals surface area (Å²) in [5.41, 5.74) is 6.29. The maximum absolute atomic E-state index is 11.1. The number of hydrogen-bond donors (Lipinski definition) is 2. The molecule has 8 nitrogen and oxygen atoms in total. The van der Waals surface area contributed by atoms with Gasteiger partial charge in [-0.25, -0.2) is 23.2 Å². The number of nitriles is 1. The Labute approximate surface area is 103 Å². The van der Waals surface area contributed by atoms with E-state index in [2.05, 4.69) is 10.1 Å². The Kier molecular flexibility index (Phi) is 2.74. The van der Waals surface area contributed by atoms with Crippen molar-refractivity contribution in [3.8, 4) is 11.8 Å². The van der Waals surface area contributed by atoms with Crippen LogP contribution < -0.4 is 10.9 Å². The third-order valence-corrected chi connectivity index (χ3v) is 3.08. The van der Waals surface area contributed by atoms with Gasteiger partial charge in [0.25, 0.3) is 5.82 Å². The van der Waals surface area contributed by atoms with Gasteiger partial charge in [-0.1, -0.05) is 0 Å². The van der Waals surface area contributed by atoms with Crippen molar-refractivity contribution in [2.24, 2.45) is 5.14 Å². The third-order valence-electron chi connectivity index (χ3n) is 2.17. The van der Waals surface area contributed by atoms with Gasteiger partial charge in [-0.3, -0.25) is 0 Å². The lowest BCUT2D eigenvalue weighted by molar-refractivity contribution is 0.598. The molecule has 4 N–H and O–H groups in total. The number of nitrogens with zero attached hydrogens (tertiary/aromatic N) is 4. The average molecular weight is 264 g/mol. The molecule has 0 unspecified atom stereocenters. The number of rotatable bonds is 2. The van der Waals surface area contributed by atoms with E-state index in [1.54, 1.807) is 6.07 Å². The number of aromatic nitrogens is 3. The minimum absolute atomic E-state index is 0.00933. The van der Waals surface area contributed by atoms with E-state index in [1.165, 1.54) is 29.2 Å². The normalized spacial score (nSPS) is 11.1. The second-order valence-electron chi connectivity index (χ2n) is 3.39. The van der Waals surface area contributed by atoms with E-state index >= 15 is 0 Å². The van der Waals surface area contributed by atoms with E-state index in [1.807, 2.05) is 0 Å². The van der Waals surface area contributed by atoms with Crippen molar-refractivity contribution < 1.29 is 8.42 Å². The van der Waals surface area contributed by atoms with Gasteiger partial charge in [-0.15, -0.1) is 5.10 Å². The maximum Gasteiger partial charge on any atom is 0.252 e. The molecule has 1 aromatic carbocycles. The number of hydrogen-bond acceptors (Lipinski definition) is 6. The van der Waals surface area contributed by atoms with Gasteiger partial charge < -0.3 is 5.73 Å². The minimum Gasteiger partial charge on any atom is -0.397 e. The average Bonchev–Trinajstić information content (AvgIpc) is 2.76. The first-order valence-corrected chi connectivity index (χ1v) is 6.21. The smallest absolute Gasteiger partial charge is 0.252 e. The van der Waals surface area contributed by atoms with Crippen molar-refractivity contribution in [3.63, 3.8) is 0 Å². The summed E-state index contributed by atoms with van der Waals surface area (Å²) in [6.07, 6.45) is 1.31. The molecular weight excluding hydrogens is 256 g/mol. The zero-order valence-corrected chi connectivity index (χ0v) is 9.79. The zero-order valence-electron chi connectivity index (χ0n) is 8.98. The van der Waals surface area contributed by atoms with Gasteiger partial charge in [0, 0.05) is 0 Å². The number of nitrogen functional groups attached to an aromatic ring is 1. The van der Waals surface area contributed by atoms with Gasteiger partial charge >= 0.3 is 0 Å². The molecule has 9 heteroatoms. The molecule has 0 fully saturated rings. The summed E-state index contributed by atoms with van der Waals surface area (Å²) in [6, 6.07) is 5.73. The Morgan fingerprint density at radius 2 is 2.11 bits per heavy atom. The van der Waals surface area contributed by atoms with Crippen LogP contribution in [0.1, 0.15) is 5.82 Å². The highest BCUT2D eigenvalue weighted by Gasteiger charge is 2.12. The van der Waals surface area contributed by atoms with Crippen LogP contribution in [0.15, 0.2) is 29.4 Å². The lowest BCUT2D eigenvalue weighted by Crippen LogP contribution is -2.13. The summed E-state index contributed by atoms with van der Waals surface area (Å²) in [5.74, 6) is -0.00933. The standard InChI is InChI=1S/C9H8N6O2S/c10-4-9-13-5-15(14-9)8-2-1-6(3-7(8)11)18(12,16)17/h1-3,5H,11H2,(H2,12,16,17). The first-order valence-electron chi connectivity index (χ1n) is 4.66. The van der Waals surface area contributed by atoms with Crippen molar-refractivity contribution in [1.82, 2.24) is 14.8 Å². The zero-order chi connectivity index (χ0) is 13.3. The van der Waals surface area contributed by atoms with E-state index in [0.717, 1.165) is 0 Å². The maximum atomic E-state index is 11.1. The quantitative estimate of drug-likeness (QED) is 0.691. The molecule has 2 rings (SSSR count). The van der Waals surface area contributed by atoms with Gasteiger partial charge in [-0.2, -0.15) is 5.26 Å². The fourth-order valence-corrected chi connectivity index (χ4v) is 1.90. The number of sulfonamides is 1. The number of nitrogens with two attached hydrogens (primary N) is 2. The van der Waals surface area contributed by atoms with E-state index < -0.39 is 10.0 Å². The number of primary sulfonamides is 1. The van der Waals surface area contributed by atoms with Gasteiger partial charge in [0.1, 0.15) is 12.4 Å².